The quantitative estimate of drug-likeness (QED) is 0.588. The van der Waals surface area contributed by atoms with Gasteiger partial charge in [0.05, 0.1) is 19.3 Å². The molecule has 3 rings (SSSR count). The molecule has 2 amide bonds. The smallest absolute Gasteiger partial charge is 0.220 e. The molecule has 1 aromatic rings. The Balaban J connectivity index is 1.73. The van der Waals surface area contributed by atoms with E-state index < -0.39 is 5.91 Å². The second-order valence-electron chi connectivity index (χ2n) is 8.25. The van der Waals surface area contributed by atoms with Gasteiger partial charge in [-0.05, 0) is 31.2 Å². The van der Waals surface area contributed by atoms with Crippen LogP contribution in [0.4, 0.5) is 0 Å². The van der Waals surface area contributed by atoms with Crippen molar-refractivity contribution in [2.45, 2.75) is 56.1 Å². The number of ether oxygens (including phenoxy) is 1. The zero-order chi connectivity index (χ0) is 20.7. The first-order valence-electron chi connectivity index (χ1n) is 10.6. The van der Waals surface area contributed by atoms with Crippen molar-refractivity contribution in [2.75, 3.05) is 32.8 Å². The van der Waals surface area contributed by atoms with Crippen molar-refractivity contribution in [3.05, 3.63) is 35.9 Å². The molecule has 160 valence electrons. The number of nitrogens with one attached hydrogen (secondary N) is 1. The van der Waals surface area contributed by atoms with Gasteiger partial charge in [0.15, 0.2) is 0 Å². The molecule has 0 spiro atoms. The average Bonchev–Trinajstić information content (AvgIpc) is 2.92. The molecule has 0 unspecified atom stereocenters. The Hall–Kier alpha value is -1.96. The summed E-state index contributed by atoms with van der Waals surface area (Å²) in [4.78, 5) is 25.5. The maximum Gasteiger partial charge on any atom is 0.220 e. The molecule has 1 aromatic carbocycles. The third-order valence-electron chi connectivity index (χ3n) is 6.40. The van der Waals surface area contributed by atoms with Gasteiger partial charge in [0.2, 0.25) is 11.8 Å². The fourth-order valence-electron chi connectivity index (χ4n) is 4.65. The maximum atomic E-state index is 12.2. The lowest BCUT2D eigenvalue weighted by Gasteiger charge is -2.37. The van der Waals surface area contributed by atoms with E-state index in [1.54, 1.807) is 0 Å². The lowest BCUT2D eigenvalue weighted by molar-refractivity contribution is -0.125. The largest absolute Gasteiger partial charge is 0.391 e. The molecule has 2 fully saturated rings. The summed E-state index contributed by atoms with van der Waals surface area (Å²) in [5, 5.41) is 13.9. The first-order chi connectivity index (χ1) is 14.0. The van der Waals surface area contributed by atoms with Crippen molar-refractivity contribution in [3.8, 4) is 0 Å². The zero-order valence-corrected chi connectivity index (χ0v) is 17.0. The predicted molar refractivity (Wildman–Crippen MR) is 110 cm³/mol. The highest BCUT2D eigenvalue weighted by Crippen LogP contribution is 2.39. The number of benzene rings is 1. The number of hydrogen-bond acceptors (Lipinski definition) is 5. The fourth-order valence-corrected chi connectivity index (χ4v) is 4.65. The lowest BCUT2D eigenvalue weighted by atomic mass is 9.74. The molecule has 29 heavy (non-hydrogen) atoms. The second kappa shape index (κ2) is 10.2. The highest BCUT2D eigenvalue weighted by molar-refractivity contribution is 5.82. The zero-order valence-electron chi connectivity index (χ0n) is 17.0. The van der Waals surface area contributed by atoms with Crippen molar-refractivity contribution in [3.63, 3.8) is 0 Å². The van der Waals surface area contributed by atoms with Gasteiger partial charge in [0.25, 0.3) is 0 Å². The molecule has 1 aliphatic heterocycles. The fraction of sp³-hybridized carbons (Fsp3) is 0.636. The topological polar surface area (TPSA) is 105 Å². The molecule has 2 aliphatic rings. The van der Waals surface area contributed by atoms with Gasteiger partial charge in [-0.1, -0.05) is 30.3 Å². The van der Waals surface area contributed by atoms with Crippen LogP contribution in [0.3, 0.4) is 0 Å². The van der Waals surface area contributed by atoms with Crippen molar-refractivity contribution >= 4 is 11.8 Å². The number of nitrogens with two attached hydrogens (primary N) is 1. The molecule has 7 heteroatoms. The van der Waals surface area contributed by atoms with E-state index in [0.717, 1.165) is 32.4 Å². The van der Waals surface area contributed by atoms with Crippen LogP contribution in [-0.4, -0.2) is 66.8 Å². The monoisotopic (exact) mass is 403 g/mol. The number of aliphatic hydroxyl groups excluding tert-OH is 1. The van der Waals surface area contributed by atoms with Crippen LogP contribution in [0.25, 0.3) is 0 Å². The summed E-state index contributed by atoms with van der Waals surface area (Å²) >= 11 is 0. The summed E-state index contributed by atoms with van der Waals surface area (Å²) in [7, 11) is 0. The maximum absolute atomic E-state index is 12.2. The number of morpholine rings is 1. The Morgan fingerprint density at radius 2 is 1.83 bits per heavy atom. The Bertz CT molecular complexity index is 678. The lowest BCUT2D eigenvalue weighted by Crippen LogP contribution is -2.48. The van der Waals surface area contributed by atoms with Crippen LogP contribution >= 0.6 is 0 Å². The molecule has 1 aliphatic carbocycles. The number of rotatable bonds is 7. The van der Waals surface area contributed by atoms with E-state index in [1.807, 2.05) is 18.2 Å². The van der Waals surface area contributed by atoms with Gasteiger partial charge in [0, 0.05) is 43.9 Å². The number of primary amides is 1. The molecule has 7 nitrogen and oxygen atoms in total. The first-order valence-corrected chi connectivity index (χ1v) is 10.6. The van der Waals surface area contributed by atoms with Crippen molar-refractivity contribution in [1.29, 1.82) is 0 Å². The van der Waals surface area contributed by atoms with Crippen LogP contribution in [0.1, 0.15) is 44.1 Å². The van der Waals surface area contributed by atoms with Crippen LogP contribution < -0.4 is 11.1 Å². The molecule has 4 N–H and O–H groups in total. The molecule has 0 bridgehead atoms. The summed E-state index contributed by atoms with van der Waals surface area (Å²) in [6.45, 7) is 3.62. The van der Waals surface area contributed by atoms with Gasteiger partial charge in [-0.2, -0.15) is 0 Å². The highest BCUT2D eigenvalue weighted by atomic mass is 16.5. The van der Waals surface area contributed by atoms with E-state index >= 15 is 0 Å². The van der Waals surface area contributed by atoms with Crippen molar-refractivity contribution < 1.29 is 19.4 Å². The van der Waals surface area contributed by atoms with Crippen LogP contribution in [0, 0.1) is 0 Å². The van der Waals surface area contributed by atoms with Crippen LogP contribution in [0.5, 0.6) is 0 Å². The molecular weight excluding hydrogens is 370 g/mol. The summed E-state index contributed by atoms with van der Waals surface area (Å²) in [5.74, 6) is -0.627. The van der Waals surface area contributed by atoms with E-state index in [1.165, 1.54) is 5.56 Å². The molecule has 0 aromatic heterocycles. The third-order valence-corrected chi connectivity index (χ3v) is 6.40. The van der Waals surface area contributed by atoms with Gasteiger partial charge < -0.3 is 20.9 Å². The summed E-state index contributed by atoms with van der Waals surface area (Å²) in [6, 6.07) is 10.4. The normalized spacial score (nSPS) is 28.4. The van der Waals surface area contributed by atoms with Gasteiger partial charge in [-0.15, -0.1) is 0 Å². The Kier molecular flexibility index (Phi) is 7.64. The van der Waals surface area contributed by atoms with Crippen molar-refractivity contribution in [2.24, 2.45) is 5.73 Å². The Labute approximate surface area is 172 Å². The van der Waals surface area contributed by atoms with E-state index in [9.17, 15) is 14.7 Å². The van der Waals surface area contributed by atoms with E-state index in [-0.39, 0.29) is 36.3 Å². The highest BCUT2D eigenvalue weighted by Gasteiger charge is 2.40. The molecule has 0 radical (unpaired) electrons. The molecule has 1 heterocycles. The second-order valence-corrected chi connectivity index (χ2v) is 8.25. The summed E-state index contributed by atoms with van der Waals surface area (Å²) in [6.07, 6.45) is 3.02. The van der Waals surface area contributed by atoms with Crippen LogP contribution in [0.2, 0.25) is 0 Å². The molecule has 1 saturated carbocycles. The molecular formula is C22H33N3O4. The Morgan fingerprint density at radius 3 is 2.52 bits per heavy atom. The van der Waals surface area contributed by atoms with E-state index in [2.05, 4.69) is 22.3 Å². The van der Waals surface area contributed by atoms with Crippen molar-refractivity contribution in [1.82, 2.24) is 10.2 Å². The van der Waals surface area contributed by atoms with E-state index in [4.69, 9.17) is 10.5 Å². The van der Waals surface area contributed by atoms with E-state index in [0.29, 0.717) is 26.2 Å². The molecule has 3 atom stereocenters. The number of carbonyl (C=O) groups excluding carboxylic acids is 2. The predicted octanol–water partition coefficient (Wildman–Crippen LogP) is 0.942. The van der Waals surface area contributed by atoms with Gasteiger partial charge in [-0.25, -0.2) is 0 Å². The summed E-state index contributed by atoms with van der Waals surface area (Å²) < 4.78 is 5.47. The number of carbonyl (C=O) groups is 2. The minimum absolute atomic E-state index is 0.0575. The van der Waals surface area contributed by atoms with Gasteiger partial charge in [-0.3, -0.25) is 14.5 Å². The molecule has 1 saturated heterocycles. The number of aliphatic hydroxyl groups is 1. The van der Waals surface area contributed by atoms with Gasteiger partial charge >= 0.3 is 0 Å². The standard InChI is InChI=1S/C22H33N3O4/c23-20(27)6-7-21(28)24-16-22(17-4-2-1-3-5-17)10-8-18(19(26)9-11-22)25-12-14-29-15-13-25/h1-5,18-19,26H,6-16H2,(H2,23,27)(H,24,28)/t18-,19-,22+/m0/s1. The SMILES string of the molecule is NC(=O)CCC(=O)NC[C@]1(c2ccccc2)CC[C@H](O)[C@@H](N2CCOCC2)CC1. The Morgan fingerprint density at radius 1 is 1.14 bits per heavy atom. The average molecular weight is 404 g/mol. The third kappa shape index (κ3) is 5.78. The van der Waals surface area contributed by atoms with Crippen LogP contribution in [0.15, 0.2) is 30.3 Å². The minimum Gasteiger partial charge on any atom is -0.391 e. The number of hydrogen-bond donors (Lipinski definition) is 3. The number of amides is 2. The van der Waals surface area contributed by atoms with Crippen LogP contribution in [-0.2, 0) is 19.7 Å². The first kappa shape index (κ1) is 21.7. The minimum atomic E-state index is -0.469. The number of nitrogens with zero attached hydrogens (tertiary/aromatic N) is 1. The van der Waals surface area contributed by atoms with Gasteiger partial charge in [0.1, 0.15) is 0 Å². The summed E-state index contributed by atoms with van der Waals surface area (Å²) in [5.41, 5.74) is 6.11.